The molecule has 0 fully saturated rings. The summed E-state index contributed by atoms with van der Waals surface area (Å²) in [5.74, 6) is -0.134. The number of ether oxygens (including phenoxy) is 1. The van der Waals surface area contributed by atoms with Gasteiger partial charge in [0.2, 0.25) is 4.77 Å². The molecule has 0 amide bonds. The summed E-state index contributed by atoms with van der Waals surface area (Å²) in [4.78, 5) is 0. The van der Waals surface area contributed by atoms with Gasteiger partial charge in [-0.05, 0) is 42.0 Å². The van der Waals surface area contributed by atoms with E-state index in [0.717, 1.165) is 29.7 Å². The van der Waals surface area contributed by atoms with Gasteiger partial charge < -0.3 is 4.74 Å². The highest BCUT2D eigenvalue weighted by molar-refractivity contribution is 7.71. The summed E-state index contributed by atoms with van der Waals surface area (Å²) in [5, 5.41) is 10.8. The highest BCUT2D eigenvalue weighted by Crippen LogP contribution is 2.15. The lowest BCUT2D eigenvalue weighted by Gasteiger charge is -2.04. The zero-order valence-electron chi connectivity index (χ0n) is 13.2. The number of nitrogens with one attached hydrogen (secondary N) is 1. The first kappa shape index (κ1) is 17.0. The minimum atomic E-state index is -0.699. The van der Waals surface area contributed by atoms with Crippen molar-refractivity contribution in [1.82, 2.24) is 14.9 Å². The lowest BCUT2D eigenvalue weighted by molar-refractivity contribution is 0.414. The summed E-state index contributed by atoms with van der Waals surface area (Å²) in [7, 11) is 1.59. The lowest BCUT2D eigenvalue weighted by Crippen LogP contribution is -2.02. The van der Waals surface area contributed by atoms with Gasteiger partial charge in [0.05, 0.1) is 18.9 Å². The molecule has 0 atom stereocenters. The van der Waals surface area contributed by atoms with Gasteiger partial charge in [-0.3, -0.25) is 5.10 Å². The van der Waals surface area contributed by atoms with E-state index in [-0.39, 0.29) is 10.3 Å². The molecule has 3 aromatic rings. The summed E-state index contributed by atoms with van der Waals surface area (Å²) >= 11 is 5.13. The molecule has 1 heterocycles. The lowest BCUT2D eigenvalue weighted by atomic mass is 10.1. The molecule has 0 saturated carbocycles. The molecule has 8 heteroatoms. The first-order chi connectivity index (χ1) is 12.1. The number of hydrogen-bond acceptors (Lipinski definition) is 4. The van der Waals surface area contributed by atoms with Crippen molar-refractivity contribution in [3.05, 3.63) is 75.8 Å². The zero-order chi connectivity index (χ0) is 17.8. The minimum Gasteiger partial charge on any atom is -0.497 e. The van der Waals surface area contributed by atoms with E-state index in [1.54, 1.807) is 7.11 Å². The van der Waals surface area contributed by atoms with Crippen LogP contribution in [-0.2, 0) is 6.42 Å². The minimum absolute atomic E-state index is 0.233. The number of aromatic nitrogens is 3. The van der Waals surface area contributed by atoms with Gasteiger partial charge in [0, 0.05) is 6.42 Å². The molecular formula is C17H14F2N4OS. The number of halogens is 2. The Hall–Kier alpha value is -2.87. The Morgan fingerprint density at radius 3 is 2.52 bits per heavy atom. The van der Waals surface area contributed by atoms with E-state index in [9.17, 15) is 8.78 Å². The van der Waals surface area contributed by atoms with Crippen molar-refractivity contribution in [2.24, 2.45) is 5.10 Å². The predicted molar refractivity (Wildman–Crippen MR) is 92.6 cm³/mol. The Balaban J connectivity index is 1.89. The quantitative estimate of drug-likeness (QED) is 0.558. The normalized spacial score (nSPS) is 11.2. The van der Waals surface area contributed by atoms with E-state index in [1.165, 1.54) is 10.7 Å². The number of rotatable bonds is 5. The fourth-order valence-corrected chi connectivity index (χ4v) is 2.43. The highest BCUT2D eigenvalue weighted by Gasteiger charge is 2.09. The van der Waals surface area contributed by atoms with Gasteiger partial charge in [0.15, 0.2) is 5.82 Å². The highest BCUT2D eigenvalue weighted by atomic mass is 32.1. The molecule has 3 rings (SSSR count). The monoisotopic (exact) mass is 360 g/mol. The molecule has 1 aromatic heterocycles. The smallest absolute Gasteiger partial charge is 0.216 e. The number of nitrogens with zero attached hydrogens (tertiary/aromatic N) is 3. The Morgan fingerprint density at radius 2 is 1.88 bits per heavy atom. The van der Waals surface area contributed by atoms with Gasteiger partial charge in [-0.25, -0.2) is 8.78 Å². The molecule has 0 saturated heterocycles. The Bertz CT molecular complexity index is 943. The fourth-order valence-electron chi connectivity index (χ4n) is 2.23. The van der Waals surface area contributed by atoms with E-state index in [0.29, 0.717) is 12.2 Å². The average Bonchev–Trinajstić information content (AvgIpc) is 2.95. The summed E-state index contributed by atoms with van der Waals surface area (Å²) in [6, 6.07) is 11.1. The molecule has 2 aromatic carbocycles. The number of hydrogen-bond donors (Lipinski definition) is 1. The molecule has 5 nitrogen and oxygen atoms in total. The zero-order valence-corrected chi connectivity index (χ0v) is 14.1. The average molecular weight is 360 g/mol. The van der Waals surface area contributed by atoms with Crippen LogP contribution in [0.5, 0.6) is 5.75 Å². The Morgan fingerprint density at radius 1 is 1.20 bits per heavy atom. The first-order valence-electron chi connectivity index (χ1n) is 7.36. The molecule has 0 aliphatic heterocycles. The van der Waals surface area contributed by atoms with Crippen molar-refractivity contribution in [1.29, 1.82) is 0 Å². The van der Waals surface area contributed by atoms with Gasteiger partial charge in [-0.1, -0.05) is 18.2 Å². The van der Waals surface area contributed by atoms with E-state index in [4.69, 9.17) is 17.0 Å². The molecule has 25 heavy (non-hydrogen) atoms. The van der Waals surface area contributed by atoms with Crippen molar-refractivity contribution in [2.45, 2.75) is 6.42 Å². The SMILES string of the molecule is COc1ccc(Cc2n[nH]c(=S)n2/N=C\c2c(F)cccc2F)cc1. The van der Waals surface area contributed by atoms with Crippen molar-refractivity contribution >= 4 is 18.4 Å². The maximum absolute atomic E-state index is 13.7. The van der Waals surface area contributed by atoms with Crippen LogP contribution in [0.3, 0.4) is 0 Å². The first-order valence-corrected chi connectivity index (χ1v) is 7.77. The van der Waals surface area contributed by atoms with Crippen molar-refractivity contribution < 1.29 is 13.5 Å². The van der Waals surface area contributed by atoms with E-state index >= 15 is 0 Å². The number of H-pyrrole nitrogens is 1. The largest absolute Gasteiger partial charge is 0.497 e. The molecule has 0 radical (unpaired) electrons. The van der Waals surface area contributed by atoms with Gasteiger partial charge in [0.25, 0.3) is 0 Å². The van der Waals surface area contributed by atoms with E-state index < -0.39 is 11.6 Å². The van der Waals surface area contributed by atoms with Crippen LogP contribution in [0.4, 0.5) is 8.78 Å². The molecule has 0 bridgehead atoms. The number of aromatic amines is 1. The van der Waals surface area contributed by atoms with Crippen molar-refractivity contribution in [3.8, 4) is 5.75 Å². The third kappa shape index (κ3) is 3.80. The molecule has 1 N–H and O–H groups in total. The molecule has 0 aliphatic rings. The topological polar surface area (TPSA) is 55.2 Å². The Kier molecular flexibility index (Phi) is 4.99. The van der Waals surface area contributed by atoms with Gasteiger partial charge in [0.1, 0.15) is 17.4 Å². The molecule has 128 valence electrons. The van der Waals surface area contributed by atoms with Crippen molar-refractivity contribution in [3.63, 3.8) is 0 Å². The van der Waals surface area contributed by atoms with Crippen LogP contribution in [0.1, 0.15) is 17.0 Å². The molecule has 0 aliphatic carbocycles. The van der Waals surface area contributed by atoms with Crippen LogP contribution in [0, 0.1) is 16.4 Å². The van der Waals surface area contributed by atoms with Gasteiger partial charge >= 0.3 is 0 Å². The fraction of sp³-hybridized carbons (Fsp3) is 0.118. The van der Waals surface area contributed by atoms with Gasteiger partial charge in [-0.15, -0.1) is 0 Å². The summed E-state index contributed by atoms with van der Waals surface area (Å²) < 4.78 is 34.1. The Labute approximate surface area is 147 Å². The second-order valence-electron chi connectivity index (χ2n) is 5.16. The van der Waals surface area contributed by atoms with Crippen LogP contribution in [0.25, 0.3) is 0 Å². The van der Waals surface area contributed by atoms with E-state index in [1.807, 2.05) is 24.3 Å². The summed E-state index contributed by atoms with van der Waals surface area (Å²) in [5.41, 5.74) is 0.726. The maximum atomic E-state index is 13.7. The van der Waals surface area contributed by atoms with Crippen LogP contribution in [0.15, 0.2) is 47.6 Å². The van der Waals surface area contributed by atoms with Crippen molar-refractivity contribution in [2.75, 3.05) is 7.11 Å². The van der Waals surface area contributed by atoms with Crippen LogP contribution in [0.2, 0.25) is 0 Å². The second kappa shape index (κ2) is 7.35. The van der Waals surface area contributed by atoms with E-state index in [2.05, 4.69) is 15.3 Å². The number of methoxy groups -OCH3 is 1. The second-order valence-corrected chi connectivity index (χ2v) is 5.55. The van der Waals surface area contributed by atoms with Crippen LogP contribution < -0.4 is 4.74 Å². The maximum Gasteiger partial charge on any atom is 0.216 e. The third-order valence-corrected chi connectivity index (χ3v) is 3.80. The van der Waals surface area contributed by atoms with Gasteiger partial charge in [-0.2, -0.15) is 14.9 Å². The third-order valence-electron chi connectivity index (χ3n) is 3.54. The van der Waals surface area contributed by atoms with Crippen LogP contribution >= 0.6 is 12.2 Å². The molecule has 0 unspecified atom stereocenters. The standard InChI is InChI=1S/C17H14F2N4OS/c1-24-12-7-5-11(6-8-12)9-16-21-22-17(25)23(16)20-10-13-14(18)3-2-4-15(13)19/h2-8,10H,9H2,1H3,(H,22,25)/b20-10-. The summed E-state index contributed by atoms with van der Waals surface area (Å²) in [6.07, 6.45) is 1.53. The predicted octanol–water partition coefficient (Wildman–Crippen LogP) is 3.70. The molecular weight excluding hydrogens is 346 g/mol. The molecule has 0 spiro atoms. The van der Waals surface area contributed by atoms with Crippen LogP contribution in [-0.4, -0.2) is 28.2 Å². The number of benzene rings is 2. The summed E-state index contributed by atoms with van der Waals surface area (Å²) in [6.45, 7) is 0.